The molecule has 0 saturated carbocycles. The van der Waals surface area contributed by atoms with Gasteiger partial charge in [-0.05, 0) is 61.1 Å². The van der Waals surface area contributed by atoms with Crippen LogP contribution in [0.5, 0.6) is 0 Å². The van der Waals surface area contributed by atoms with E-state index in [1.165, 1.54) is 6.20 Å². The summed E-state index contributed by atoms with van der Waals surface area (Å²) in [6.07, 6.45) is 1.52. The summed E-state index contributed by atoms with van der Waals surface area (Å²) < 4.78 is 2.32. The summed E-state index contributed by atoms with van der Waals surface area (Å²) in [6, 6.07) is 0. The second kappa shape index (κ2) is 4.18. The third kappa shape index (κ3) is 2.08. The molecule has 1 rings (SSSR count). The van der Waals surface area contributed by atoms with Crippen molar-refractivity contribution in [2.24, 2.45) is 0 Å². The van der Waals surface area contributed by atoms with E-state index in [4.69, 9.17) is 5.11 Å². The van der Waals surface area contributed by atoms with E-state index < -0.39 is 5.97 Å². The zero-order valence-corrected chi connectivity index (χ0v) is 11.4. The van der Waals surface area contributed by atoms with Gasteiger partial charge in [-0.25, -0.2) is 9.78 Å². The Morgan fingerprint density at radius 3 is 2.67 bits per heavy atom. The Hall–Kier alpha value is 0.560. The fourth-order valence-corrected chi connectivity index (χ4v) is 2.47. The highest BCUT2D eigenvalue weighted by Crippen LogP contribution is 2.26. The number of hydrogen-bond donors (Lipinski definition) is 1. The van der Waals surface area contributed by atoms with Gasteiger partial charge in [0.2, 0.25) is 0 Å². The third-order valence-corrected chi connectivity index (χ3v) is 5.29. The molecule has 0 bridgehead atoms. The van der Waals surface area contributed by atoms with Crippen LogP contribution in [-0.2, 0) is 0 Å². The monoisotopic (exact) mass is 453 g/mol. The van der Waals surface area contributed by atoms with Gasteiger partial charge in [0.25, 0.3) is 0 Å². The smallest absolute Gasteiger partial charge is 0.355 e. The Morgan fingerprint density at radius 1 is 1.58 bits per heavy atom. The minimum absolute atomic E-state index is 0.0860. The van der Waals surface area contributed by atoms with E-state index in [9.17, 15) is 4.79 Å². The van der Waals surface area contributed by atoms with E-state index in [0.29, 0.717) is 3.57 Å². The van der Waals surface area contributed by atoms with Gasteiger partial charge in [0.05, 0.1) is 3.57 Å². The molecule has 0 fully saturated rings. The van der Waals surface area contributed by atoms with Crippen LogP contribution in [0, 0.1) is 7.14 Å². The fraction of sp³-hybridized carbons (Fsp3) is 0. The third-order valence-electron chi connectivity index (χ3n) is 1.12. The second-order valence-corrected chi connectivity index (χ2v) is 4.92. The normalized spacial score (nSPS) is 9.92. The van der Waals surface area contributed by atoms with Crippen molar-refractivity contribution in [2.45, 2.75) is 0 Å². The highest BCUT2D eigenvalue weighted by Gasteiger charge is 2.14. The summed E-state index contributed by atoms with van der Waals surface area (Å²) in [4.78, 5) is 14.4. The van der Waals surface area contributed by atoms with Crippen molar-refractivity contribution < 1.29 is 9.90 Å². The molecule has 0 amide bonds. The molecule has 0 unspecified atom stereocenters. The summed E-state index contributed by atoms with van der Waals surface area (Å²) in [6.45, 7) is 0. The maximum atomic E-state index is 10.6. The van der Waals surface area contributed by atoms with Gasteiger partial charge < -0.3 is 5.11 Å². The molecule has 0 saturated heterocycles. The summed E-state index contributed by atoms with van der Waals surface area (Å²) >= 11 is 7.31. The molecule has 1 N–H and O–H groups in total. The zero-order chi connectivity index (χ0) is 9.30. The fourth-order valence-electron chi connectivity index (χ4n) is 0.592. The van der Waals surface area contributed by atoms with Crippen LogP contribution in [0.4, 0.5) is 0 Å². The summed E-state index contributed by atoms with van der Waals surface area (Å²) in [5.41, 5.74) is 0.0860. The zero-order valence-electron chi connectivity index (χ0n) is 5.51. The molecule has 1 aromatic rings. The Kier molecular flexibility index (Phi) is 3.71. The van der Waals surface area contributed by atoms with Crippen LogP contribution in [0.25, 0.3) is 0 Å². The van der Waals surface area contributed by atoms with Gasteiger partial charge in [-0.1, -0.05) is 0 Å². The van der Waals surface area contributed by atoms with Crippen LogP contribution in [0.3, 0.4) is 0 Å². The number of nitrogens with zero attached hydrogens (tertiary/aromatic N) is 1. The maximum Gasteiger partial charge on any atom is 0.355 e. The average Bonchev–Trinajstić information content (AvgIpc) is 2.00. The minimum Gasteiger partial charge on any atom is -0.476 e. The van der Waals surface area contributed by atoms with Crippen molar-refractivity contribution in [3.8, 4) is 0 Å². The number of carboxylic acid groups (broad SMARTS) is 1. The SMILES string of the molecule is O=C(O)c1ncc(I)c(Br)c1I. The first-order valence-corrected chi connectivity index (χ1v) is 5.72. The van der Waals surface area contributed by atoms with E-state index in [0.717, 1.165) is 8.04 Å². The quantitative estimate of drug-likeness (QED) is 0.665. The highest BCUT2D eigenvalue weighted by atomic mass is 127. The number of aromatic nitrogens is 1. The van der Waals surface area contributed by atoms with Gasteiger partial charge in [0, 0.05) is 14.2 Å². The Labute approximate surface area is 104 Å². The van der Waals surface area contributed by atoms with Crippen molar-refractivity contribution in [1.82, 2.24) is 4.98 Å². The van der Waals surface area contributed by atoms with E-state index in [1.54, 1.807) is 0 Å². The van der Waals surface area contributed by atoms with Gasteiger partial charge in [0.15, 0.2) is 5.69 Å². The predicted octanol–water partition coefficient (Wildman–Crippen LogP) is 2.75. The Morgan fingerprint density at radius 2 is 2.17 bits per heavy atom. The van der Waals surface area contributed by atoms with Gasteiger partial charge in [0.1, 0.15) is 0 Å². The lowest BCUT2D eigenvalue weighted by Crippen LogP contribution is -2.04. The lowest BCUT2D eigenvalue weighted by molar-refractivity contribution is 0.0689. The number of aromatic carboxylic acids is 1. The van der Waals surface area contributed by atoms with Crippen LogP contribution in [-0.4, -0.2) is 16.1 Å². The van der Waals surface area contributed by atoms with Crippen LogP contribution in [0.1, 0.15) is 10.5 Å². The molecule has 0 aliphatic carbocycles. The molecule has 0 aliphatic heterocycles. The van der Waals surface area contributed by atoms with Crippen LogP contribution in [0.2, 0.25) is 0 Å². The molecule has 1 aromatic heterocycles. The molecule has 1 heterocycles. The van der Waals surface area contributed by atoms with Crippen molar-refractivity contribution in [2.75, 3.05) is 0 Å². The Bertz CT molecular complexity index is 343. The van der Waals surface area contributed by atoms with Crippen LogP contribution >= 0.6 is 61.1 Å². The number of pyridine rings is 1. The minimum atomic E-state index is -1.00. The van der Waals surface area contributed by atoms with E-state index in [1.807, 2.05) is 22.6 Å². The van der Waals surface area contributed by atoms with Crippen LogP contribution < -0.4 is 0 Å². The first kappa shape index (κ1) is 10.6. The molecular weight excluding hydrogens is 452 g/mol. The Balaban J connectivity index is 3.36. The van der Waals surface area contributed by atoms with Gasteiger partial charge >= 0.3 is 5.97 Å². The molecule has 3 nitrogen and oxygen atoms in total. The molecule has 12 heavy (non-hydrogen) atoms. The lowest BCUT2D eigenvalue weighted by atomic mass is 10.4. The van der Waals surface area contributed by atoms with Gasteiger partial charge in [-0.15, -0.1) is 0 Å². The first-order valence-electron chi connectivity index (χ1n) is 2.77. The van der Waals surface area contributed by atoms with Crippen molar-refractivity contribution >= 4 is 67.1 Å². The summed E-state index contributed by atoms with van der Waals surface area (Å²) in [7, 11) is 0. The second-order valence-electron chi connectivity index (χ2n) is 1.89. The maximum absolute atomic E-state index is 10.6. The number of carboxylic acids is 1. The van der Waals surface area contributed by atoms with Crippen molar-refractivity contribution in [1.29, 1.82) is 0 Å². The molecule has 0 atom stereocenters. The lowest BCUT2D eigenvalue weighted by Gasteiger charge is -2.01. The first-order chi connectivity index (χ1) is 5.54. The molecular formula is C6H2BrI2NO2. The van der Waals surface area contributed by atoms with E-state index in [2.05, 4.69) is 43.5 Å². The topological polar surface area (TPSA) is 50.2 Å². The van der Waals surface area contributed by atoms with E-state index in [-0.39, 0.29) is 5.69 Å². The largest absolute Gasteiger partial charge is 0.476 e. The molecule has 0 aliphatic rings. The predicted molar refractivity (Wildman–Crippen MR) is 64.3 cm³/mol. The van der Waals surface area contributed by atoms with Crippen molar-refractivity contribution in [3.63, 3.8) is 0 Å². The van der Waals surface area contributed by atoms with Gasteiger partial charge in [-0.3, -0.25) is 0 Å². The average molecular weight is 454 g/mol. The van der Waals surface area contributed by atoms with Crippen LogP contribution in [0.15, 0.2) is 10.7 Å². The summed E-state index contributed by atoms with van der Waals surface area (Å²) in [5.74, 6) is -1.00. The molecule has 0 aromatic carbocycles. The standard InChI is InChI=1S/C6H2BrI2NO2/c7-3-2(8)1-10-5(4(3)9)6(11)12/h1H,(H,11,12). The number of carbonyl (C=O) groups is 1. The molecule has 0 radical (unpaired) electrons. The van der Waals surface area contributed by atoms with Gasteiger partial charge in [-0.2, -0.15) is 0 Å². The number of halogens is 3. The molecule has 6 heteroatoms. The molecule has 64 valence electrons. The number of hydrogen-bond acceptors (Lipinski definition) is 2. The number of rotatable bonds is 1. The van der Waals surface area contributed by atoms with Crippen molar-refractivity contribution in [3.05, 3.63) is 23.5 Å². The van der Waals surface area contributed by atoms with E-state index >= 15 is 0 Å². The molecule has 0 spiro atoms. The summed E-state index contributed by atoms with van der Waals surface area (Å²) in [5, 5.41) is 8.69. The highest BCUT2D eigenvalue weighted by molar-refractivity contribution is 14.1.